The third-order valence-corrected chi connectivity index (χ3v) is 9.72. The van der Waals surface area contributed by atoms with Gasteiger partial charge in [0, 0.05) is 32.9 Å². The topological polar surface area (TPSA) is 57.4 Å². The van der Waals surface area contributed by atoms with Crippen LogP contribution in [0.25, 0.3) is 87.7 Å². The second-order valence-corrected chi connectivity index (χ2v) is 12.0. The van der Waals surface area contributed by atoms with Crippen molar-refractivity contribution >= 4 is 65.2 Å². The Balaban J connectivity index is 1.27. The smallest absolute Gasteiger partial charge is 0.0991 e. The molecule has 2 heterocycles. The number of nitriles is 2. The summed E-state index contributed by atoms with van der Waals surface area (Å²) in [6, 6.07) is 51.3. The Kier molecular flexibility index (Phi) is 4.83. The molecule has 0 aliphatic rings. The van der Waals surface area contributed by atoms with Gasteiger partial charge in [0.1, 0.15) is 0 Å². The highest BCUT2D eigenvalue weighted by Gasteiger charge is 2.22. The van der Waals surface area contributed by atoms with Crippen LogP contribution in [0.2, 0.25) is 0 Å². The molecule has 0 saturated heterocycles. The van der Waals surface area contributed by atoms with E-state index >= 15 is 0 Å². The fourth-order valence-corrected chi connectivity index (χ4v) is 7.77. The Bertz CT molecular complexity index is 2700. The second-order valence-electron chi connectivity index (χ2n) is 12.0. The van der Waals surface area contributed by atoms with Crippen molar-refractivity contribution in [2.75, 3.05) is 0 Å². The Morgan fingerprint density at radius 3 is 1.20 bits per heavy atom. The molecular weight excluding hydrogens is 560 g/mol. The van der Waals surface area contributed by atoms with Crippen LogP contribution in [0, 0.1) is 22.7 Å². The van der Waals surface area contributed by atoms with Gasteiger partial charge in [0.2, 0.25) is 0 Å². The van der Waals surface area contributed by atoms with Crippen LogP contribution < -0.4 is 0 Å². The zero-order valence-electron chi connectivity index (χ0n) is 24.5. The molecule has 4 nitrogen and oxygen atoms in total. The molecule has 0 aliphatic heterocycles. The van der Waals surface area contributed by atoms with E-state index in [0.717, 1.165) is 33.4 Å². The van der Waals surface area contributed by atoms with Crippen molar-refractivity contribution in [2.24, 2.45) is 0 Å². The zero-order chi connectivity index (χ0) is 30.5. The van der Waals surface area contributed by atoms with E-state index in [-0.39, 0.29) is 0 Å². The molecule has 10 rings (SSSR count). The van der Waals surface area contributed by atoms with Crippen molar-refractivity contribution in [1.82, 2.24) is 9.13 Å². The standard InChI is InChI=1S/C42H22N4/c43-23-25-7-13-29(14-8-25)45-35-5-1-3-27-11-17-33-31(19-21-37(45)41(33)39(27)35)32-20-22-38-42-34(32)18-12-28-4-2-6-36(40(28)42)46(38)30-15-9-26(24-44)10-16-30/h1-22H. The molecule has 0 atom stereocenters. The molecule has 0 N–H and O–H groups in total. The molecule has 8 aromatic carbocycles. The molecule has 0 radical (unpaired) electrons. The van der Waals surface area contributed by atoms with Crippen LogP contribution in [0.3, 0.4) is 0 Å². The average molecular weight is 583 g/mol. The number of benzene rings is 8. The summed E-state index contributed by atoms with van der Waals surface area (Å²) in [5.41, 5.74) is 10.4. The van der Waals surface area contributed by atoms with Crippen LogP contribution in [0.1, 0.15) is 11.1 Å². The van der Waals surface area contributed by atoms with Crippen LogP contribution in [0.4, 0.5) is 0 Å². The van der Waals surface area contributed by atoms with Crippen molar-refractivity contribution < 1.29 is 0 Å². The second kappa shape index (κ2) is 8.96. The lowest BCUT2D eigenvalue weighted by Gasteiger charge is -2.13. The maximum absolute atomic E-state index is 9.39. The molecule has 10 aromatic rings. The molecular formula is C42H22N4. The van der Waals surface area contributed by atoms with Crippen molar-refractivity contribution in [3.8, 4) is 34.6 Å². The lowest BCUT2D eigenvalue weighted by molar-refractivity contribution is 1.18. The van der Waals surface area contributed by atoms with Gasteiger partial charge in [0.25, 0.3) is 0 Å². The number of aromatic nitrogens is 2. The summed E-state index contributed by atoms with van der Waals surface area (Å²) in [7, 11) is 0. The van der Waals surface area contributed by atoms with Crippen molar-refractivity contribution in [2.45, 2.75) is 0 Å². The van der Waals surface area contributed by atoms with Crippen LogP contribution >= 0.6 is 0 Å². The zero-order valence-corrected chi connectivity index (χ0v) is 24.5. The fraction of sp³-hybridized carbons (Fsp3) is 0. The van der Waals surface area contributed by atoms with Crippen LogP contribution in [-0.2, 0) is 0 Å². The van der Waals surface area contributed by atoms with Crippen LogP contribution in [0.5, 0.6) is 0 Å². The lowest BCUT2D eigenvalue weighted by Crippen LogP contribution is -1.94. The van der Waals surface area contributed by atoms with Gasteiger partial charge in [-0.2, -0.15) is 10.5 Å². The molecule has 0 amide bonds. The molecule has 2 aromatic heterocycles. The number of rotatable bonds is 3. The summed E-state index contributed by atoms with van der Waals surface area (Å²) in [6.07, 6.45) is 0. The van der Waals surface area contributed by atoms with Gasteiger partial charge in [0.05, 0.1) is 45.3 Å². The van der Waals surface area contributed by atoms with E-state index in [1.807, 2.05) is 48.5 Å². The first kappa shape index (κ1) is 24.8. The predicted octanol–water partition coefficient (Wildman–Crippen LogP) is 10.5. The SMILES string of the molecule is N#Cc1ccc(-n2c3cccc4ccc5c(-c6ccc7c8c6ccc6cccc(c68)n7-c6ccc(C#N)cc6)ccc2c5c43)cc1. The van der Waals surface area contributed by atoms with E-state index < -0.39 is 0 Å². The van der Waals surface area contributed by atoms with Gasteiger partial charge in [-0.3, -0.25) is 0 Å². The first-order valence-corrected chi connectivity index (χ1v) is 15.3. The van der Waals surface area contributed by atoms with Crippen molar-refractivity contribution in [3.63, 3.8) is 0 Å². The van der Waals surface area contributed by atoms with Gasteiger partial charge in [-0.1, -0.05) is 60.7 Å². The van der Waals surface area contributed by atoms with E-state index in [9.17, 15) is 10.5 Å². The van der Waals surface area contributed by atoms with E-state index in [2.05, 4.69) is 106 Å². The molecule has 0 fully saturated rings. The lowest BCUT2D eigenvalue weighted by atomic mass is 9.90. The molecule has 4 heteroatoms. The maximum Gasteiger partial charge on any atom is 0.0991 e. The number of nitrogens with zero attached hydrogens (tertiary/aromatic N) is 4. The van der Waals surface area contributed by atoms with E-state index in [1.54, 1.807) is 0 Å². The summed E-state index contributed by atoms with van der Waals surface area (Å²) in [5.74, 6) is 0. The Labute approximate surface area is 263 Å². The quantitative estimate of drug-likeness (QED) is 0.195. The fourth-order valence-electron chi connectivity index (χ4n) is 7.77. The molecule has 0 unspecified atom stereocenters. The van der Waals surface area contributed by atoms with Crippen molar-refractivity contribution in [3.05, 3.63) is 145 Å². The molecule has 0 saturated carbocycles. The van der Waals surface area contributed by atoms with Crippen LogP contribution in [0.15, 0.2) is 133 Å². The normalized spacial score (nSPS) is 11.9. The highest BCUT2D eigenvalue weighted by Crippen LogP contribution is 2.46. The van der Waals surface area contributed by atoms with Crippen LogP contribution in [-0.4, -0.2) is 9.13 Å². The van der Waals surface area contributed by atoms with Crippen molar-refractivity contribution in [1.29, 1.82) is 10.5 Å². The third-order valence-electron chi connectivity index (χ3n) is 9.72. The summed E-state index contributed by atoms with van der Waals surface area (Å²) in [4.78, 5) is 0. The number of hydrogen-bond acceptors (Lipinski definition) is 2. The molecule has 0 spiro atoms. The van der Waals surface area contributed by atoms with E-state index in [0.29, 0.717) is 11.1 Å². The minimum absolute atomic E-state index is 0.653. The monoisotopic (exact) mass is 582 g/mol. The maximum atomic E-state index is 9.39. The minimum Gasteiger partial charge on any atom is -0.309 e. The summed E-state index contributed by atoms with van der Waals surface area (Å²) < 4.78 is 4.64. The third kappa shape index (κ3) is 3.15. The minimum atomic E-state index is 0.653. The van der Waals surface area contributed by atoms with Gasteiger partial charge in [-0.15, -0.1) is 0 Å². The summed E-state index contributed by atoms with van der Waals surface area (Å²) >= 11 is 0. The highest BCUT2D eigenvalue weighted by molar-refractivity contribution is 6.30. The Morgan fingerprint density at radius 2 is 0.783 bits per heavy atom. The van der Waals surface area contributed by atoms with Gasteiger partial charge < -0.3 is 9.13 Å². The van der Waals surface area contributed by atoms with Gasteiger partial charge >= 0.3 is 0 Å². The summed E-state index contributed by atoms with van der Waals surface area (Å²) in [5, 5.41) is 28.7. The predicted molar refractivity (Wildman–Crippen MR) is 187 cm³/mol. The first-order valence-electron chi connectivity index (χ1n) is 15.3. The number of hydrogen-bond donors (Lipinski definition) is 0. The molecule has 46 heavy (non-hydrogen) atoms. The largest absolute Gasteiger partial charge is 0.309 e. The van der Waals surface area contributed by atoms with E-state index in [4.69, 9.17) is 0 Å². The first-order chi connectivity index (χ1) is 22.7. The highest BCUT2D eigenvalue weighted by atomic mass is 15.0. The van der Waals surface area contributed by atoms with Gasteiger partial charge in [-0.05, 0) is 105 Å². The summed E-state index contributed by atoms with van der Waals surface area (Å²) in [6.45, 7) is 0. The van der Waals surface area contributed by atoms with E-state index in [1.165, 1.54) is 54.2 Å². The average Bonchev–Trinajstić information content (AvgIpc) is 3.64. The molecule has 0 bridgehead atoms. The van der Waals surface area contributed by atoms with Gasteiger partial charge in [-0.25, -0.2) is 0 Å². The Hall–Kier alpha value is -6.62. The Morgan fingerprint density at radius 1 is 0.370 bits per heavy atom. The van der Waals surface area contributed by atoms with Gasteiger partial charge in [0.15, 0.2) is 0 Å². The molecule has 210 valence electrons. The molecule has 0 aliphatic carbocycles.